The second-order valence-electron chi connectivity index (χ2n) is 5.56. The standard InChI is InChI=1S/C13H28N2O2/c1-7-10(2)11(3)14-8-9-15-12(16)17-13(4,5)6/h10-11,14H,7-9H2,1-6H3,(H,15,16). The maximum absolute atomic E-state index is 11.3. The Morgan fingerprint density at radius 2 is 1.82 bits per heavy atom. The van der Waals surface area contributed by atoms with Crippen molar-refractivity contribution in [2.45, 2.75) is 59.6 Å². The fourth-order valence-corrected chi connectivity index (χ4v) is 1.33. The maximum atomic E-state index is 11.3. The van der Waals surface area contributed by atoms with Gasteiger partial charge in [0, 0.05) is 19.1 Å². The molecule has 2 unspecified atom stereocenters. The lowest BCUT2D eigenvalue weighted by atomic mass is 10.0. The minimum absolute atomic E-state index is 0.351. The van der Waals surface area contributed by atoms with E-state index in [4.69, 9.17) is 4.74 Å². The van der Waals surface area contributed by atoms with Crippen molar-refractivity contribution in [1.82, 2.24) is 10.6 Å². The molecule has 0 bridgehead atoms. The molecule has 0 aliphatic carbocycles. The van der Waals surface area contributed by atoms with Gasteiger partial charge in [-0.25, -0.2) is 4.79 Å². The molecule has 4 nitrogen and oxygen atoms in total. The van der Waals surface area contributed by atoms with E-state index < -0.39 is 5.60 Å². The second-order valence-corrected chi connectivity index (χ2v) is 5.56. The van der Waals surface area contributed by atoms with E-state index in [2.05, 4.69) is 31.4 Å². The van der Waals surface area contributed by atoms with Crippen molar-refractivity contribution < 1.29 is 9.53 Å². The van der Waals surface area contributed by atoms with Gasteiger partial charge in [-0.3, -0.25) is 0 Å². The lowest BCUT2D eigenvalue weighted by Gasteiger charge is -2.21. The highest BCUT2D eigenvalue weighted by molar-refractivity contribution is 5.67. The van der Waals surface area contributed by atoms with Crippen LogP contribution in [0.2, 0.25) is 0 Å². The number of ether oxygens (including phenoxy) is 1. The van der Waals surface area contributed by atoms with E-state index in [0.29, 0.717) is 18.5 Å². The molecule has 0 aliphatic heterocycles. The third-order valence-corrected chi connectivity index (χ3v) is 2.76. The Balaban J connectivity index is 3.61. The number of rotatable bonds is 6. The van der Waals surface area contributed by atoms with Crippen molar-refractivity contribution in [3.63, 3.8) is 0 Å². The molecule has 0 aromatic heterocycles. The van der Waals surface area contributed by atoms with Crippen LogP contribution in [0.1, 0.15) is 48.0 Å². The SMILES string of the molecule is CCC(C)C(C)NCCNC(=O)OC(C)(C)C. The molecule has 0 rings (SSSR count). The van der Waals surface area contributed by atoms with Gasteiger partial charge in [0.05, 0.1) is 0 Å². The van der Waals surface area contributed by atoms with Crippen molar-refractivity contribution in [1.29, 1.82) is 0 Å². The van der Waals surface area contributed by atoms with Gasteiger partial charge in [-0.05, 0) is 33.6 Å². The van der Waals surface area contributed by atoms with Crippen LogP contribution in [0.3, 0.4) is 0 Å². The van der Waals surface area contributed by atoms with Crippen LogP contribution in [0.15, 0.2) is 0 Å². The first-order valence-corrected chi connectivity index (χ1v) is 6.46. The summed E-state index contributed by atoms with van der Waals surface area (Å²) < 4.78 is 5.14. The highest BCUT2D eigenvalue weighted by Crippen LogP contribution is 2.06. The van der Waals surface area contributed by atoms with Gasteiger partial charge in [-0.1, -0.05) is 20.3 Å². The Hall–Kier alpha value is -0.770. The zero-order chi connectivity index (χ0) is 13.5. The van der Waals surface area contributed by atoms with E-state index in [1.54, 1.807) is 0 Å². The van der Waals surface area contributed by atoms with Gasteiger partial charge in [0.1, 0.15) is 5.60 Å². The molecule has 102 valence electrons. The normalized spacial score (nSPS) is 15.2. The van der Waals surface area contributed by atoms with Crippen LogP contribution >= 0.6 is 0 Å². The molecule has 0 saturated heterocycles. The first-order valence-electron chi connectivity index (χ1n) is 6.46. The topological polar surface area (TPSA) is 50.4 Å². The summed E-state index contributed by atoms with van der Waals surface area (Å²) in [4.78, 5) is 11.3. The summed E-state index contributed by atoms with van der Waals surface area (Å²) in [6.07, 6.45) is 0.809. The zero-order valence-corrected chi connectivity index (χ0v) is 12.1. The van der Waals surface area contributed by atoms with Crippen LogP contribution in [0, 0.1) is 5.92 Å². The lowest BCUT2D eigenvalue weighted by Crippen LogP contribution is -2.40. The number of carbonyl (C=O) groups is 1. The molecule has 0 aromatic rings. The molecule has 0 aliphatic rings. The van der Waals surface area contributed by atoms with Gasteiger partial charge in [-0.15, -0.1) is 0 Å². The quantitative estimate of drug-likeness (QED) is 0.706. The van der Waals surface area contributed by atoms with Crippen LogP contribution < -0.4 is 10.6 Å². The number of carbonyl (C=O) groups excluding carboxylic acids is 1. The van der Waals surface area contributed by atoms with E-state index in [9.17, 15) is 4.79 Å². The van der Waals surface area contributed by atoms with E-state index in [1.165, 1.54) is 0 Å². The van der Waals surface area contributed by atoms with E-state index >= 15 is 0 Å². The summed E-state index contributed by atoms with van der Waals surface area (Å²) >= 11 is 0. The third-order valence-electron chi connectivity index (χ3n) is 2.76. The molecular weight excluding hydrogens is 216 g/mol. The summed E-state index contributed by atoms with van der Waals surface area (Å²) in [6, 6.07) is 0.473. The number of alkyl carbamates (subject to hydrolysis) is 1. The minimum Gasteiger partial charge on any atom is -0.444 e. The van der Waals surface area contributed by atoms with E-state index in [0.717, 1.165) is 13.0 Å². The van der Waals surface area contributed by atoms with Gasteiger partial charge >= 0.3 is 6.09 Å². The third kappa shape index (κ3) is 8.98. The van der Waals surface area contributed by atoms with E-state index in [1.807, 2.05) is 20.8 Å². The maximum Gasteiger partial charge on any atom is 0.407 e. The summed E-state index contributed by atoms with van der Waals surface area (Å²) in [7, 11) is 0. The van der Waals surface area contributed by atoms with Crippen LogP contribution in [0.4, 0.5) is 4.79 Å². The van der Waals surface area contributed by atoms with Crippen LogP contribution in [0.25, 0.3) is 0 Å². The Morgan fingerprint density at radius 3 is 2.29 bits per heavy atom. The van der Waals surface area contributed by atoms with Crippen molar-refractivity contribution >= 4 is 6.09 Å². The molecule has 1 amide bonds. The predicted octanol–water partition coefficient (Wildman–Crippen LogP) is 2.54. The molecule has 0 fully saturated rings. The average Bonchev–Trinajstić information content (AvgIpc) is 2.20. The number of hydrogen-bond donors (Lipinski definition) is 2. The molecule has 0 spiro atoms. The van der Waals surface area contributed by atoms with Crippen molar-refractivity contribution in [2.75, 3.05) is 13.1 Å². The molecule has 0 heterocycles. The van der Waals surface area contributed by atoms with Gasteiger partial charge in [0.2, 0.25) is 0 Å². The summed E-state index contributed by atoms with van der Waals surface area (Å²) in [5, 5.41) is 6.11. The predicted molar refractivity (Wildman–Crippen MR) is 71.2 cm³/mol. The first kappa shape index (κ1) is 16.2. The Kier molecular flexibility index (Phi) is 7.19. The minimum atomic E-state index is -0.429. The number of hydrogen-bond acceptors (Lipinski definition) is 3. The summed E-state index contributed by atoms with van der Waals surface area (Å²) in [6.45, 7) is 13.5. The summed E-state index contributed by atoms with van der Waals surface area (Å²) in [5.74, 6) is 0.650. The highest BCUT2D eigenvalue weighted by atomic mass is 16.6. The van der Waals surface area contributed by atoms with Crippen LogP contribution in [0.5, 0.6) is 0 Å². The van der Waals surface area contributed by atoms with Crippen LogP contribution in [-0.4, -0.2) is 30.8 Å². The zero-order valence-electron chi connectivity index (χ0n) is 12.1. The van der Waals surface area contributed by atoms with Crippen molar-refractivity contribution in [3.8, 4) is 0 Å². The summed E-state index contributed by atoms with van der Waals surface area (Å²) in [5.41, 5.74) is -0.429. The monoisotopic (exact) mass is 244 g/mol. The Labute approximate surface area is 105 Å². The molecule has 17 heavy (non-hydrogen) atoms. The van der Waals surface area contributed by atoms with Gasteiger partial charge in [-0.2, -0.15) is 0 Å². The van der Waals surface area contributed by atoms with Gasteiger partial charge in [0.25, 0.3) is 0 Å². The smallest absolute Gasteiger partial charge is 0.407 e. The lowest BCUT2D eigenvalue weighted by molar-refractivity contribution is 0.0528. The molecule has 0 radical (unpaired) electrons. The van der Waals surface area contributed by atoms with Crippen molar-refractivity contribution in [2.24, 2.45) is 5.92 Å². The average molecular weight is 244 g/mol. The van der Waals surface area contributed by atoms with Gasteiger partial charge in [0.15, 0.2) is 0 Å². The molecule has 2 N–H and O–H groups in total. The molecule has 2 atom stereocenters. The molecular formula is C13H28N2O2. The van der Waals surface area contributed by atoms with Crippen LogP contribution in [-0.2, 0) is 4.74 Å². The second kappa shape index (κ2) is 7.54. The molecule has 0 saturated carbocycles. The highest BCUT2D eigenvalue weighted by Gasteiger charge is 2.15. The molecule has 4 heteroatoms. The Morgan fingerprint density at radius 1 is 1.24 bits per heavy atom. The first-order chi connectivity index (χ1) is 7.76. The number of amides is 1. The number of nitrogens with one attached hydrogen (secondary N) is 2. The molecule has 0 aromatic carbocycles. The largest absolute Gasteiger partial charge is 0.444 e. The van der Waals surface area contributed by atoms with Gasteiger partial charge < -0.3 is 15.4 Å². The fraction of sp³-hybridized carbons (Fsp3) is 0.923. The van der Waals surface area contributed by atoms with E-state index in [-0.39, 0.29) is 6.09 Å². The Bertz CT molecular complexity index is 224. The fourth-order valence-electron chi connectivity index (χ4n) is 1.33. The van der Waals surface area contributed by atoms with Crippen molar-refractivity contribution in [3.05, 3.63) is 0 Å².